The maximum absolute atomic E-state index is 13.5. The molecule has 0 saturated heterocycles. The molecule has 1 unspecified atom stereocenters. The molecule has 0 bridgehead atoms. The van der Waals surface area contributed by atoms with Crippen LogP contribution in [0.4, 0.5) is 4.39 Å². The van der Waals surface area contributed by atoms with Crippen molar-refractivity contribution >= 4 is 5.96 Å². The van der Waals surface area contributed by atoms with Crippen LogP contribution in [0.15, 0.2) is 29.3 Å². The molecule has 0 aliphatic carbocycles. The van der Waals surface area contributed by atoms with Crippen LogP contribution in [0.1, 0.15) is 39.3 Å². The molecule has 0 heterocycles. The predicted octanol–water partition coefficient (Wildman–Crippen LogP) is 2.71. The Morgan fingerprint density at radius 3 is 2.27 bits per heavy atom. The first-order chi connectivity index (χ1) is 12.3. The van der Waals surface area contributed by atoms with Crippen molar-refractivity contribution in [3.05, 3.63) is 35.6 Å². The van der Waals surface area contributed by atoms with E-state index in [4.69, 9.17) is 0 Å². The number of aliphatic imine (C=N–C) groups is 1. The highest BCUT2D eigenvalue weighted by molar-refractivity contribution is 5.79. The summed E-state index contributed by atoms with van der Waals surface area (Å²) < 4.78 is 13.5. The number of nitrogens with one attached hydrogen (secondary N) is 2. The normalized spacial score (nSPS) is 13.8. The van der Waals surface area contributed by atoms with Crippen LogP contribution in [0.25, 0.3) is 0 Å². The van der Waals surface area contributed by atoms with Gasteiger partial charge in [0.1, 0.15) is 5.82 Å². The van der Waals surface area contributed by atoms with Crippen molar-refractivity contribution in [2.75, 3.05) is 40.8 Å². The molecule has 6 heteroatoms. The largest absolute Gasteiger partial charge is 0.355 e. The molecule has 0 saturated carbocycles. The lowest BCUT2D eigenvalue weighted by atomic mass is 10.1. The summed E-state index contributed by atoms with van der Waals surface area (Å²) in [6, 6.07) is 7.85. The molecule has 0 amide bonds. The van der Waals surface area contributed by atoms with Crippen molar-refractivity contribution < 1.29 is 4.39 Å². The van der Waals surface area contributed by atoms with Gasteiger partial charge in [0, 0.05) is 38.8 Å². The van der Waals surface area contributed by atoms with Crippen LogP contribution >= 0.6 is 0 Å². The first-order valence-corrected chi connectivity index (χ1v) is 9.38. The second-order valence-electron chi connectivity index (χ2n) is 7.34. The molecule has 26 heavy (non-hydrogen) atoms. The van der Waals surface area contributed by atoms with Crippen molar-refractivity contribution in [2.24, 2.45) is 4.99 Å². The van der Waals surface area contributed by atoms with Crippen LogP contribution < -0.4 is 10.6 Å². The molecule has 1 aromatic rings. The standard InChI is InChI=1S/C20H36FN5/c1-15(2)26(16(3)4)12-11-23-20(22-5)24-14-19(25(6)7)17-9-8-10-18(21)13-17/h8-10,13,15-16,19H,11-12,14H2,1-7H3,(H2,22,23,24). The molecular formula is C20H36FN5. The van der Waals surface area contributed by atoms with Gasteiger partial charge in [-0.1, -0.05) is 12.1 Å². The molecule has 148 valence electrons. The maximum atomic E-state index is 13.5. The van der Waals surface area contributed by atoms with E-state index in [0.717, 1.165) is 24.6 Å². The molecule has 2 N–H and O–H groups in total. The third kappa shape index (κ3) is 7.30. The van der Waals surface area contributed by atoms with Crippen molar-refractivity contribution in [3.63, 3.8) is 0 Å². The molecule has 0 aromatic heterocycles. The van der Waals surface area contributed by atoms with E-state index in [1.165, 1.54) is 6.07 Å². The maximum Gasteiger partial charge on any atom is 0.191 e. The molecule has 1 atom stereocenters. The average Bonchev–Trinajstić information content (AvgIpc) is 2.56. The summed E-state index contributed by atoms with van der Waals surface area (Å²) in [7, 11) is 5.76. The van der Waals surface area contributed by atoms with Gasteiger partial charge >= 0.3 is 0 Å². The van der Waals surface area contributed by atoms with Gasteiger partial charge in [0.25, 0.3) is 0 Å². The summed E-state index contributed by atoms with van der Waals surface area (Å²) in [5.41, 5.74) is 0.948. The van der Waals surface area contributed by atoms with Gasteiger partial charge in [-0.15, -0.1) is 0 Å². The number of likely N-dealkylation sites (N-methyl/N-ethyl adjacent to an activating group) is 1. The first kappa shape index (κ1) is 22.4. The van der Waals surface area contributed by atoms with Crippen LogP contribution in [-0.4, -0.2) is 68.6 Å². The van der Waals surface area contributed by atoms with Crippen molar-refractivity contribution in [2.45, 2.75) is 45.8 Å². The molecule has 0 radical (unpaired) electrons. The van der Waals surface area contributed by atoms with Crippen LogP contribution in [0.5, 0.6) is 0 Å². The quantitative estimate of drug-likeness (QED) is 0.522. The fourth-order valence-electron chi connectivity index (χ4n) is 3.14. The zero-order valence-corrected chi connectivity index (χ0v) is 17.4. The van der Waals surface area contributed by atoms with Gasteiger partial charge in [-0.2, -0.15) is 0 Å². The Morgan fingerprint density at radius 2 is 1.77 bits per heavy atom. The molecule has 5 nitrogen and oxygen atoms in total. The van der Waals surface area contributed by atoms with E-state index in [9.17, 15) is 4.39 Å². The number of rotatable bonds is 9. The van der Waals surface area contributed by atoms with E-state index in [1.54, 1.807) is 19.2 Å². The Kier molecular flexibility index (Phi) is 9.59. The smallest absolute Gasteiger partial charge is 0.191 e. The Morgan fingerprint density at radius 1 is 1.12 bits per heavy atom. The van der Waals surface area contributed by atoms with Crippen molar-refractivity contribution in [1.82, 2.24) is 20.4 Å². The number of benzene rings is 1. The predicted molar refractivity (Wildman–Crippen MR) is 109 cm³/mol. The highest BCUT2D eigenvalue weighted by atomic mass is 19.1. The van der Waals surface area contributed by atoms with Gasteiger partial charge in [-0.25, -0.2) is 4.39 Å². The van der Waals surface area contributed by atoms with E-state index in [2.05, 4.69) is 53.1 Å². The first-order valence-electron chi connectivity index (χ1n) is 9.38. The molecular weight excluding hydrogens is 329 g/mol. The van der Waals surface area contributed by atoms with E-state index >= 15 is 0 Å². The Hall–Kier alpha value is -1.66. The molecule has 1 rings (SSSR count). The van der Waals surface area contributed by atoms with Crippen molar-refractivity contribution in [1.29, 1.82) is 0 Å². The molecule has 0 aliphatic rings. The highest BCUT2D eigenvalue weighted by Gasteiger charge is 2.16. The lowest BCUT2D eigenvalue weighted by Crippen LogP contribution is -2.46. The Labute approximate surface area is 158 Å². The van der Waals surface area contributed by atoms with Crippen LogP contribution in [0.2, 0.25) is 0 Å². The Balaban J connectivity index is 2.58. The van der Waals surface area contributed by atoms with Gasteiger partial charge in [0.15, 0.2) is 5.96 Å². The number of guanidine groups is 1. The minimum absolute atomic E-state index is 0.0621. The third-order valence-corrected chi connectivity index (χ3v) is 4.53. The summed E-state index contributed by atoms with van der Waals surface area (Å²) in [6.07, 6.45) is 0. The lowest BCUT2D eigenvalue weighted by molar-refractivity contribution is 0.178. The van der Waals surface area contributed by atoms with E-state index in [1.807, 2.05) is 20.2 Å². The fourth-order valence-corrected chi connectivity index (χ4v) is 3.14. The SMILES string of the molecule is CN=C(NCCN(C(C)C)C(C)C)NCC(c1cccc(F)c1)N(C)C. The van der Waals surface area contributed by atoms with Crippen molar-refractivity contribution in [3.8, 4) is 0 Å². The zero-order valence-electron chi connectivity index (χ0n) is 17.4. The van der Waals surface area contributed by atoms with Gasteiger partial charge in [-0.05, 0) is 59.5 Å². The fraction of sp³-hybridized carbons (Fsp3) is 0.650. The van der Waals surface area contributed by atoms with E-state index < -0.39 is 0 Å². The van der Waals surface area contributed by atoms with E-state index in [-0.39, 0.29) is 11.9 Å². The minimum atomic E-state index is -0.209. The monoisotopic (exact) mass is 365 g/mol. The topological polar surface area (TPSA) is 42.9 Å². The van der Waals surface area contributed by atoms with Gasteiger partial charge in [-0.3, -0.25) is 9.89 Å². The lowest BCUT2D eigenvalue weighted by Gasteiger charge is -2.31. The number of hydrogen-bond donors (Lipinski definition) is 2. The molecule has 0 spiro atoms. The minimum Gasteiger partial charge on any atom is -0.355 e. The molecule has 0 aliphatic heterocycles. The second-order valence-corrected chi connectivity index (χ2v) is 7.34. The second kappa shape index (κ2) is 11.1. The average molecular weight is 366 g/mol. The summed E-state index contributed by atoms with van der Waals surface area (Å²) in [4.78, 5) is 8.82. The van der Waals surface area contributed by atoms with Crippen LogP contribution in [0.3, 0.4) is 0 Å². The number of hydrogen-bond acceptors (Lipinski definition) is 3. The number of halogens is 1. The van der Waals surface area contributed by atoms with Crippen LogP contribution in [-0.2, 0) is 0 Å². The molecule has 0 fully saturated rings. The summed E-state index contributed by atoms with van der Waals surface area (Å²) in [6.45, 7) is 11.3. The number of nitrogens with zero attached hydrogens (tertiary/aromatic N) is 3. The summed E-state index contributed by atoms with van der Waals surface area (Å²) in [5, 5.41) is 6.73. The summed E-state index contributed by atoms with van der Waals surface area (Å²) in [5.74, 6) is 0.556. The van der Waals surface area contributed by atoms with Crippen LogP contribution in [0, 0.1) is 5.82 Å². The third-order valence-electron chi connectivity index (χ3n) is 4.53. The van der Waals surface area contributed by atoms with Gasteiger partial charge in [0.05, 0.1) is 6.04 Å². The highest BCUT2D eigenvalue weighted by Crippen LogP contribution is 2.18. The van der Waals surface area contributed by atoms with Gasteiger partial charge < -0.3 is 15.5 Å². The zero-order chi connectivity index (χ0) is 19.7. The van der Waals surface area contributed by atoms with Gasteiger partial charge in [0.2, 0.25) is 0 Å². The Bertz CT molecular complexity index is 549. The molecule has 1 aromatic carbocycles. The van der Waals surface area contributed by atoms with E-state index in [0.29, 0.717) is 18.6 Å². The summed E-state index contributed by atoms with van der Waals surface area (Å²) >= 11 is 0.